The van der Waals surface area contributed by atoms with Crippen molar-refractivity contribution in [3.8, 4) is 5.69 Å². The average Bonchev–Trinajstić information content (AvgIpc) is 3.05. The van der Waals surface area contributed by atoms with E-state index in [0.29, 0.717) is 11.4 Å². The molecule has 3 aromatic rings. The number of anilines is 1. The fraction of sp³-hybridized carbons (Fsp3) is 0.188. The number of nitrogens with zero attached hydrogens (tertiary/aromatic N) is 5. The van der Waals surface area contributed by atoms with Crippen LogP contribution in [0.25, 0.3) is 5.69 Å². The lowest BCUT2D eigenvalue weighted by atomic mass is 10.2. The number of nitrogens with one attached hydrogen (secondary N) is 1. The van der Waals surface area contributed by atoms with Crippen LogP contribution in [-0.2, 0) is 0 Å². The molecule has 8 heteroatoms. The first-order valence-corrected chi connectivity index (χ1v) is 7.40. The highest BCUT2D eigenvalue weighted by Crippen LogP contribution is 2.22. The second-order valence-corrected chi connectivity index (χ2v) is 5.40. The van der Waals surface area contributed by atoms with Crippen molar-refractivity contribution in [3.63, 3.8) is 0 Å². The van der Waals surface area contributed by atoms with E-state index in [0.717, 1.165) is 11.4 Å². The van der Waals surface area contributed by atoms with E-state index in [1.165, 1.54) is 6.20 Å². The molecule has 8 nitrogen and oxygen atoms in total. The van der Waals surface area contributed by atoms with E-state index >= 15 is 0 Å². The Kier molecular flexibility index (Phi) is 4.19. The van der Waals surface area contributed by atoms with Crippen LogP contribution in [0.15, 0.2) is 48.8 Å². The maximum atomic E-state index is 10.8. The Hall–Kier alpha value is -3.29. The second kappa shape index (κ2) is 6.45. The number of pyridine rings is 1. The number of nitro groups is 1. The largest absolute Gasteiger partial charge is 0.362 e. The van der Waals surface area contributed by atoms with Crippen LogP contribution in [0.3, 0.4) is 0 Å². The third kappa shape index (κ3) is 3.22. The molecule has 0 aliphatic rings. The fourth-order valence-electron chi connectivity index (χ4n) is 2.30. The van der Waals surface area contributed by atoms with Crippen LogP contribution in [0.1, 0.15) is 24.2 Å². The summed E-state index contributed by atoms with van der Waals surface area (Å²) in [6.45, 7) is 3.61. The lowest BCUT2D eigenvalue weighted by Gasteiger charge is -2.11. The molecular formula is C16H16N6O2. The second-order valence-electron chi connectivity index (χ2n) is 5.40. The molecule has 1 aromatic carbocycles. The number of aromatic nitrogens is 4. The van der Waals surface area contributed by atoms with Gasteiger partial charge in [0.05, 0.1) is 22.8 Å². The molecule has 1 unspecified atom stereocenters. The quantitative estimate of drug-likeness (QED) is 0.572. The summed E-state index contributed by atoms with van der Waals surface area (Å²) in [4.78, 5) is 14.5. The Labute approximate surface area is 138 Å². The molecule has 3 rings (SSSR count). The van der Waals surface area contributed by atoms with Gasteiger partial charge in [-0.1, -0.05) is 23.4 Å². The Balaban J connectivity index is 1.76. The zero-order valence-corrected chi connectivity index (χ0v) is 13.2. The van der Waals surface area contributed by atoms with Crippen molar-refractivity contribution >= 4 is 11.5 Å². The van der Waals surface area contributed by atoms with Gasteiger partial charge in [-0.2, -0.15) is 0 Å². The maximum absolute atomic E-state index is 10.8. The van der Waals surface area contributed by atoms with Crippen molar-refractivity contribution < 1.29 is 4.92 Å². The third-order valence-corrected chi connectivity index (χ3v) is 3.62. The van der Waals surface area contributed by atoms with E-state index < -0.39 is 4.92 Å². The van der Waals surface area contributed by atoms with Crippen molar-refractivity contribution in [1.82, 2.24) is 20.0 Å². The maximum Gasteiger partial charge on any atom is 0.290 e. The SMILES string of the molecule is Cc1cc(NC(C)c2cn(-c3ccccc3)nn2)ncc1[N+](=O)[O-]. The Morgan fingerprint density at radius 2 is 2.04 bits per heavy atom. The van der Waals surface area contributed by atoms with Gasteiger partial charge in [0.2, 0.25) is 0 Å². The lowest BCUT2D eigenvalue weighted by Crippen LogP contribution is -2.09. The molecule has 0 spiro atoms. The molecule has 122 valence electrons. The van der Waals surface area contributed by atoms with Crippen LogP contribution < -0.4 is 5.32 Å². The molecule has 0 amide bonds. The van der Waals surface area contributed by atoms with Crippen molar-refractivity contribution in [1.29, 1.82) is 0 Å². The Morgan fingerprint density at radius 3 is 2.71 bits per heavy atom. The highest BCUT2D eigenvalue weighted by molar-refractivity contribution is 5.47. The molecular weight excluding hydrogens is 308 g/mol. The highest BCUT2D eigenvalue weighted by atomic mass is 16.6. The molecule has 2 heterocycles. The first-order valence-electron chi connectivity index (χ1n) is 7.40. The minimum Gasteiger partial charge on any atom is -0.362 e. The van der Waals surface area contributed by atoms with Crippen LogP contribution in [-0.4, -0.2) is 24.9 Å². The summed E-state index contributed by atoms with van der Waals surface area (Å²) in [7, 11) is 0. The van der Waals surface area contributed by atoms with Crippen LogP contribution >= 0.6 is 0 Å². The zero-order valence-electron chi connectivity index (χ0n) is 13.2. The smallest absolute Gasteiger partial charge is 0.290 e. The van der Waals surface area contributed by atoms with Crippen molar-refractivity contribution in [2.24, 2.45) is 0 Å². The topological polar surface area (TPSA) is 98.8 Å². The van der Waals surface area contributed by atoms with E-state index in [2.05, 4.69) is 20.6 Å². The molecule has 0 bridgehead atoms. The minimum atomic E-state index is -0.443. The van der Waals surface area contributed by atoms with Gasteiger partial charge >= 0.3 is 0 Å². The summed E-state index contributed by atoms with van der Waals surface area (Å²) in [5.74, 6) is 0.555. The molecule has 0 aliphatic heterocycles. The fourth-order valence-corrected chi connectivity index (χ4v) is 2.30. The van der Waals surface area contributed by atoms with Crippen LogP contribution in [0.5, 0.6) is 0 Å². The first-order chi connectivity index (χ1) is 11.5. The summed E-state index contributed by atoms with van der Waals surface area (Å²) in [6, 6.07) is 11.2. The van der Waals surface area contributed by atoms with Gasteiger partial charge in [-0.25, -0.2) is 9.67 Å². The summed E-state index contributed by atoms with van der Waals surface area (Å²) >= 11 is 0. The summed E-state index contributed by atoms with van der Waals surface area (Å²) < 4.78 is 1.70. The molecule has 24 heavy (non-hydrogen) atoms. The summed E-state index contributed by atoms with van der Waals surface area (Å²) in [5, 5.41) is 22.3. The predicted octanol–water partition coefficient (Wildman–Crippen LogP) is 3.05. The highest BCUT2D eigenvalue weighted by Gasteiger charge is 2.15. The Bertz CT molecular complexity index is 862. The molecule has 0 radical (unpaired) electrons. The van der Waals surface area contributed by atoms with Crippen LogP contribution in [0.2, 0.25) is 0 Å². The number of hydrogen-bond acceptors (Lipinski definition) is 6. The Morgan fingerprint density at radius 1 is 1.29 bits per heavy atom. The summed E-state index contributed by atoms with van der Waals surface area (Å²) in [6.07, 6.45) is 3.09. The van der Waals surface area contributed by atoms with Gasteiger partial charge in [0.1, 0.15) is 17.7 Å². The van der Waals surface area contributed by atoms with Gasteiger partial charge in [0.25, 0.3) is 5.69 Å². The van der Waals surface area contributed by atoms with Crippen molar-refractivity contribution in [2.75, 3.05) is 5.32 Å². The van der Waals surface area contributed by atoms with E-state index in [1.54, 1.807) is 17.7 Å². The first kappa shape index (κ1) is 15.6. The average molecular weight is 324 g/mol. The number of hydrogen-bond donors (Lipinski definition) is 1. The summed E-state index contributed by atoms with van der Waals surface area (Å²) in [5.41, 5.74) is 2.23. The third-order valence-electron chi connectivity index (χ3n) is 3.62. The van der Waals surface area contributed by atoms with Gasteiger partial charge in [-0.3, -0.25) is 10.1 Å². The minimum absolute atomic E-state index is 0.00299. The molecule has 1 N–H and O–H groups in total. The molecule has 0 saturated carbocycles. The van der Waals surface area contributed by atoms with Gasteiger partial charge < -0.3 is 5.32 Å². The van der Waals surface area contributed by atoms with Gasteiger partial charge in [-0.15, -0.1) is 5.10 Å². The monoisotopic (exact) mass is 324 g/mol. The lowest BCUT2D eigenvalue weighted by molar-refractivity contribution is -0.385. The van der Waals surface area contributed by atoms with Gasteiger partial charge in [0.15, 0.2) is 0 Å². The van der Waals surface area contributed by atoms with E-state index in [-0.39, 0.29) is 11.7 Å². The van der Waals surface area contributed by atoms with Crippen molar-refractivity contribution in [3.05, 3.63) is 70.2 Å². The van der Waals surface area contributed by atoms with E-state index in [9.17, 15) is 10.1 Å². The van der Waals surface area contributed by atoms with Crippen molar-refractivity contribution in [2.45, 2.75) is 19.9 Å². The zero-order chi connectivity index (χ0) is 17.1. The molecule has 0 fully saturated rings. The number of para-hydroxylation sites is 1. The van der Waals surface area contributed by atoms with Gasteiger partial charge in [0, 0.05) is 5.56 Å². The molecule has 0 aliphatic carbocycles. The molecule has 0 saturated heterocycles. The van der Waals surface area contributed by atoms with Crippen LogP contribution in [0.4, 0.5) is 11.5 Å². The standard InChI is InChI=1S/C16H16N6O2/c1-11-8-16(17-9-15(11)22(23)24)18-12(2)14-10-21(20-19-14)13-6-4-3-5-7-13/h3-10,12H,1-2H3,(H,17,18). The predicted molar refractivity (Wildman–Crippen MR) is 89.0 cm³/mol. The number of rotatable bonds is 5. The molecule has 1 atom stereocenters. The van der Waals surface area contributed by atoms with E-state index in [4.69, 9.17) is 0 Å². The van der Waals surface area contributed by atoms with E-state index in [1.807, 2.05) is 43.5 Å². The number of aryl methyl sites for hydroxylation is 1. The normalized spacial score (nSPS) is 11.9. The molecule has 2 aromatic heterocycles. The van der Waals surface area contributed by atoms with Crippen LogP contribution in [0, 0.1) is 17.0 Å². The number of benzene rings is 1. The van der Waals surface area contributed by atoms with Gasteiger partial charge in [-0.05, 0) is 32.0 Å².